The van der Waals surface area contributed by atoms with E-state index in [1.54, 1.807) is 0 Å². The highest BCUT2D eigenvalue weighted by atomic mass is 35.5. The second-order valence-corrected chi connectivity index (χ2v) is 9.41. The molecule has 0 bridgehead atoms. The smallest absolute Gasteiger partial charge is 0.223 e. The van der Waals surface area contributed by atoms with Gasteiger partial charge in [-0.15, -0.1) is 0 Å². The van der Waals surface area contributed by atoms with Crippen molar-refractivity contribution in [2.24, 2.45) is 5.92 Å². The fraction of sp³-hybridized carbons (Fsp3) is 0.500. The average molecular weight is 453 g/mol. The molecule has 32 heavy (non-hydrogen) atoms. The molecule has 1 aliphatic heterocycles. The highest BCUT2D eigenvalue weighted by molar-refractivity contribution is 6.30. The van der Waals surface area contributed by atoms with Gasteiger partial charge in [-0.3, -0.25) is 4.79 Å². The molecule has 0 atom stereocenters. The molecule has 8 heteroatoms. The first-order valence-corrected chi connectivity index (χ1v) is 12.0. The summed E-state index contributed by atoms with van der Waals surface area (Å²) in [5.74, 6) is 2.09. The SMILES string of the molecule is Cc1nc(N2CCC(NC(=O)C3CCCCC3)CC2)c2cnn(-c3cccc(Cl)c3)c2n1. The van der Waals surface area contributed by atoms with Gasteiger partial charge in [-0.2, -0.15) is 5.10 Å². The number of benzene rings is 1. The number of halogens is 1. The summed E-state index contributed by atoms with van der Waals surface area (Å²) in [5, 5.41) is 9.49. The minimum Gasteiger partial charge on any atom is -0.356 e. The summed E-state index contributed by atoms with van der Waals surface area (Å²) in [6.07, 6.45) is 9.39. The fourth-order valence-electron chi connectivity index (χ4n) is 4.96. The highest BCUT2D eigenvalue weighted by Gasteiger charge is 2.27. The molecule has 5 rings (SSSR count). The lowest BCUT2D eigenvalue weighted by molar-refractivity contribution is -0.126. The zero-order valence-corrected chi connectivity index (χ0v) is 19.2. The van der Waals surface area contributed by atoms with Crippen molar-refractivity contribution in [2.75, 3.05) is 18.0 Å². The number of hydrogen-bond donors (Lipinski definition) is 1. The number of nitrogens with zero attached hydrogens (tertiary/aromatic N) is 5. The molecule has 2 fully saturated rings. The number of rotatable bonds is 4. The standard InChI is InChI=1S/C24H29ClN6O/c1-16-27-22(21-15-26-31(23(21)28-16)20-9-5-8-18(25)14-20)30-12-10-19(11-13-30)29-24(32)17-6-3-2-4-7-17/h5,8-9,14-15,17,19H,2-4,6-7,10-13H2,1H3,(H,29,32). The second-order valence-electron chi connectivity index (χ2n) is 8.97. The van der Waals surface area contributed by atoms with Crippen LogP contribution < -0.4 is 10.2 Å². The largest absolute Gasteiger partial charge is 0.356 e. The van der Waals surface area contributed by atoms with Crippen molar-refractivity contribution in [1.82, 2.24) is 25.1 Å². The molecule has 0 radical (unpaired) electrons. The van der Waals surface area contributed by atoms with Crippen LogP contribution in [-0.4, -0.2) is 44.8 Å². The molecule has 2 aliphatic rings. The molecule has 1 N–H and O–H groups in total. The van der Waals surface area contributed by atoms with Gasteiger partial charge in [0.25, 0.3) is 0 Å². The molecule has 1 saturated heterocycles. The molecule has 3 heterocycles. The van der Waals surface area contributed by atoms with Crippen molar-refractivity contribution in [3.63, 3.8) is 0 Å². The van der Waals surface area contributed by atoms with Crippen molar-refractivity contribution in [1.29, 1.82) is 0 Å². The highest BCUT2D eigenvalue weighted by Crippen LogP contribution is 2.29. The molecule has 0 unspecified atom stereocenters. The number of carbonyl (C=O) groups excluding carboxylic acids is 1. The van der Waals surface area contributed by atoms with E-state index >= 15 is 0 Å². The number of anilines is 1. The van der Waals surface area contributed by atoms with Gasteiger partial charge in [0.2, 0.25) is 5.91 Å². The van der Waals surface area contributed by atoms with E-state index in [4.69, 9.17) is 16.6 Å². The Hall–Kier alpha value is -2.67. The van der Waals surface area contributed by atoms with Crippen LogP contribution in [0.25, 0.3) is 16.7 Å². The minimum absolute atomic E-state index is 0.211. The van der Waals surface area contributed by atoms with Gasteiger partial charge in [0.15, 0.2) is 5.65 Å². The van der Waals surface area contributed by atoms with Crippen molar-refractivity contribution in [3.8, 4) is 5.69 Å². The van der Waals surface area contributed by atoms with Crippen LogP contribution in [0.4, 0.5) is 5.82 Å². The average Bonchev–Trinajstić information content (AvgIpc) is 3.23. The zero-order valence-electron chi connectivity index (χ0n) is 18.4. The molecule has 0 spiro atoms. The van der Waals surface area contributed by atoms with Gasteiger partial charge in [0.05, 0.1) is 17.3 Å². The lowest BCUT2D eigenvalue weighted by Gasteiger charge is -2.34. The molecule has 3 aromatic rings. The maximum Gasteiger partial charge on any atom is 0.223 e. The van der Waals surface area contributed by atoms with E-state index in [-0.39, 0.29) is 17.9 Å². The monoisotopic (exact) mass is 452 g/mol. The van der Waals surface area contributed by atoms with Gasteiger partial charge in [-0.25, -0.2) is 14.6 Å². The topological polar surface area (TPSA) is 75.9 Å². The Morgan fingerprint density at radius 2 is 1.88 bits per heavy atom. The Kier molecular flexibility index (Phi) is 6.00. The van der Waals surface area contributed by atoms with Crippen LogP contribution in [0.2, 0.25) is 5.02 Å². The summed E-state index contributed by atoms with van der Waals surface area (Å²) in [6.45, 7) is 3.61. The molecule has 1 saturated carbocycles. The summed E-state index contributed by atoms with van der Waals surface area (Å²) in [6, 6.07) is 7.85. The molecule has 7 nitrogen and oxygen atoms in total. The van der Waals surface area contributed by atoms with Gasteiger partial charge in [0.1, 0.15) is 11.6 Å². The Morgan fingerprint density at radius 3 is 2.62 bits per heavy atom. The Bertz CT molecular complexity index is 1110. The number of piperidine rings is 1. The molecule has 1 amide bonds. The predicted molar refractivity (Wildman–Crippen MR) is 126 cm³/mol. The number of nitrogens with one attached hydrogen (secondary N) is 1. The van der Waals surface area contributed by atoms with Crippen LogP contribution in [0, 0.1) is 12.8 Å². The Morgan fingerprint density at radius 1 is 1.09 bits per heavy atom. The third kappa shape index (κ3) is 4.31. The van der Waals surface area contributed by atoms with E-state index < -0.39 is 0 Å². The zero-order chi connectivity index (χ0) is 22.1. The summed E-state index contributed by atoms with van der Waals surface area (Å²) in [7, 11) is 0. The maximum atomic E-state index is 12.6. The minimum atomic E-state index is 0.211. The van der Waals surface area contributed by atoms with E-state index in [1.807, 2.05) is 42.1 Å². The molecule has 2 aromatic heterocycles. The quantitative estimate of drug-likeness (QED) is 0.633. The van der Waals surface area contributed by atoms with Gasteiger partial charge in [-0.1, -0.05) is 36.9 Å². The number of carbonyl (C=O) groups is 1. The van der Waals surface area contributed by atoms with E-state index in [1.165, 1.54) is 19.3 Å². The number of aromatic nitrogens is 4. The first-order valence-electron chi connectivity index (χ1n) is 11.6. The van der Waals surface area contributed by atoms with Crippen molar-refractivity contribution >= 4 is 34.4 Å². The van der Waals surface area contributed by atoms with Crippen LogP contribution >= 0.6 is 11.6 Å². The van der Waals surface area contributed by atoms with E-state index in [2.05, 4.69) is 20.3 Å². The lowest BCUT2D eigenvalue weighted by Crippen LogP contribution is -2.46. The summed E-state index contributed by atoms with van der Waals surface area (Å²) in [5.41, 5.74) is 1.66. The van der Waals surface area contributed by atoms with E-state index in [0.717, 1.165) is 61.3 Å². The van der Waals surface area contributed by atoms with E-state index in [0.29, 0.717) is 10.8 Å². The number of aryl methyl sites for hydroxylation is 1. The summed E-state index contributed by atoms with van der Waals surface area (Å²) in [4.78, 5) is 24.4. The van der Waals surface area contributed by atoms with E-state index in [9.17, 15) is 4.79 Å². The summed E-state index contributed by atoms with van der Waals surface area (Å²) >= 11 is 6.18. The molecule has 1 aliphatic carbocycles. The van der Waals surface area contributed by atoms with Gasteiger partial charge < -0.3 is 10.2 Å². The van der Waals surface area contributed by atoms with Crippen LogP contribution in [0.3, 0.4) is 0 Å². The van der Waals surface area contributed by atoms with Crippen molar-refractivity contribution in [2.45, 2.75) is 57.9 Å². The normalized spacial score (nSPS) is 18.2. The van der Waals surface area contributed by atoms with Crippen molar-refractivity contribution < 1.29 is 4.79 Å². The van der Waals surface area contributed by atoms with Crippen LogP contribution in [0.15, 0.2) is 30.5 Å². The van der Waals surface area contributed by atoms with Gasteiger partial charge in [0, 0.05) is 30.1 Å². The third-order valence-electron chi connectivity index (χ3n) is 6.69. The number of fused-ring (bicyclic) bond motifs is 1. The molecular weight excluding hydrogens is 424 g/mol. The summed E-state index contributed by atoms with van der Waals surface area (Å²) < 4.78 is 1.82. The predicted octanol–water partition coefficient (Wildman–Crippen LogP) is 4.44. The maximum absolute atomic E-state index is 12.6. The molecular formula is C24H29ClN6O. The van der Waals surface area contributed by atoms with Crippen LogP contribution in [-0.2, 0) is 4.79 Å². The first-order chi connectivity index (χ1) is 15.6. The van der Waals surface area contributed by atoms with Gasteiger partial charge in [-0.05, 0) is 50.8 Å². The molecule has 1 aromatic carbocycles. The third-order valence-corrected chi connectivity index (χ3v) is 6.92. The Balaban J connectivity index is 1.32. The Labute approximate surface area is 193 Å². The first kappa shape index (κ1) is 21.2. The van der Waals surface area contributed by atoms with Gasteiger partial charge >= 0.3 is 0 Å². The van der Waals surface area contributed by atoms with Crippen molar-refractivity contribution in [3.05, 3.63) is 41.3 Å². The number of amides is 1. The van der Waals surface area contributed by atoms with Crippen LogP contribution in [0.5, 0.6) is 0 Å². The number of hydrogen-bond acceptors (Lipinski definition) is 5. The molecule has 168 valence electrons. The fourth-order valence-corrected chi connectivity index (χ4v) is 5.14. The lowest BCUT2D eigenvalue weighted by atomic mass is 9.88. The second kappa shape index (κ2) is 9.06. The van der Waals surface area contributed by atoms with Crippen LogP contribution in [0.1, 0.15) is 50.8 Å².